The zero-order chi connectivity index (χ0) is 21.7. The summed E-state index contributed by atoms with van der Waals surface area (Å²) in [4.78, 5) is 23.8. The molecule has 0 spiro atoms. The molecule has 1 heterocycles. The van der Waals surface area contributed by atoms with Gasteiger partial charge in [0.2, 0.25) is 0 Å². The Labute approximate surface area is 178 Å². The molecule has 2 aromatic carbocycles. The molecule has 0 fully saturated rings. The predicted molar refractivity (Wildman–Crippen MR) is 116 cm³/mol. The van der Waals surface area contributed by atoms with Gasteiger partial charge in [-0.25, -0.2) is 4.79 Å². The molecule has 0 aromatic heterocycles. The van der Waals surface area contributed by atoms with Gasteiger partial charge >= 0.3 is 5.97 Å². The summed E-state index contributed by atoms with van der Waals surface area (Å²) in [5.74, 6) is -0.738. The van der Waals surface area contributed by atoms with E-state index in [-0.39, 0.29) is 11.7 Å². The molecule has 0 radical (unpaired) electrons. The lowest BCUT2D eigenvalue weighted by atomic mass is 9.94. The Balaban J connectivity index is 1.93. The molecule has 8 nitrogen and oxygen atoms in total. The number of carbonyl (C=O) groups excluding carboxylic acids is 1. The van der Waals surface area contributed by atoms with E-state index in [1.54, 1.807) is 37.3 Å². The van der Waals surface area contributed by atoms with E-state index >= 15 is 0 Å². The van der Waals surface area contributed by atoms with Crippen LogP contribution < -0.4 is 25.4 Å². The molecule has 0 aliphatic carbocycles. The molecule has 0 bridgehead atoms. The zero-order valence-corrected chi connectivity index (χ0v) is 17.2. The number of carboxylic acids is 1. The van der Waals surface area contributed by atoms with Crippen LogP contribution in [0.2, 0.25) is 0 Å². The number of benzene rings is 2. The minimum absolute atomic E-state index is 0.281. The molecule has 156 valence electrons. The number of methoxy groups -OCH3 is 1. The maximum atomic E-state index is 13.1. The number of para-hydroxylation sites is 1. The minimum Gasteiger partial charge on any atom is -0.493 e. The molecule has 1 atom stereocenters. The van der Waals surface area contributed by atoms with E-state index in [9.17, 15) is 9.59 Å². The molecule has 0 unspecified atom stereocenters. The van der Waals surface area contributed by atoms with Crippen LogP contribution in [0.4, 0.5) is 5.69 Å². The van der Waals surface area contributed by atoms with E-state index in [1.165, 1.54) is 7.11 Å². The first-order chi connectivity index (χ1) is 14.4. The third-order valence-corrected chi connectivity index (χ3v) is 4.64. The van der Waals surface area contributed by atoms with Crippen molar-refractivity contribution < 1.29 is 24.2 Å². The number of allylic oxidation sites excluding steroid dienone is 1. The lowest BCUT2D eigenvalue weighted by Gasteiger charge is -2.30. The summed E-state index contributed by atoms with van der Waals surface area (Å²) in [5, 5.41) is 18.2. The Morgan fingerprint density at radius 1 is 1.17 bits per heavy atom. The molecule has 9 heteroatoms. The van der Waals surface area contributed by atoms with Gasteiger partial charge in [0.05, 0.1) is 18.7 Å². The van der Waals surface area contributed by atoms with Gasteiger partial charge in [0.25, 0.3) is 5.91 Å². The van der Waals surface area contributed by atoms with Crippen molar-refractivity contribution in [2.75, 3.05) is 19.0 Å². The monoisotopic (exact) mass is 427 g/mol. The second-order valence-electron chi connectivity index (χ2n) is 6.48. The molecular formula is C21H21N3O5S. The van der Waals surface area contributed by atoms with Crippen molar-refractivity contribution in [2.45, 2.75) is 13.0 Å². The molecule has 0 saturated heterocycles. The first-order valence-corrected chi connectivity index (χ1v) is 9.47. The summed E-state index contributed by atoms with van der Waals surface area (Å²) in [6.07, 6.45) is 0. The highest BCUT2D eigenvalue weighted by Gasteiger charge is 2.30. The van der Waals surface area contributed by atoms with Crippen LogP contribution in [0.5, 0.6) is 11.5 Å². The standard InChI is InChI=1S/C21H21N3O5S/c1-12-18(20(27)23-14-6-4-3-5-7-14)19(24-21(30)22-12)13-8-9-15(16(10-13)28-2)29-11-17(25)26/h3-10,19H,11H2,1-2H3,(H,23,27)(H,25,26)(H2,22,24,30)/t19-/m1/s1. The van der Waals surface area contributed by atoms with Crippen LogP contribution in [-0.2, 0) is 9.59 Å². The molecule has 1 aliphatic heterocycles. The van der Waals surface area contributed by atoms with E-state index in [1.807, 2.05) is 18.2 Å². The van der Waals surface area contributed by atoms with Crippen LogP contribution >= 0.6 is 12.2 Å². The number of anilines is 1. The summed E-state index contributed by atoms with van der Waals surface area (Å²) < 4.78 is 10.6. The van der Waals surface area contributed by atoms with Gasteiger partial charge in [-0.2, -0.15) is 0 Å². The predicted octanol–water partition coefficient (Wildman–Crippen LogP) is 2.59. The topological polar surface area (TPSA) is 109 Å². The largest absolute Gasteiger partial charge is 0.493 e. The van der Waals surface area contributed by atoms with Gasteiger partial charge in [-0.05, 0) is 49.0 Å². The highest BCUT2D eigenvalue weighted by Crippen LogP contribution is 2.34. The Morgan fingerprint density at radius 3 is 2.57 bits per heavy atom. The quantitative estimate of drug-likeness (QED) is 0.500. The fraction of sp³-hybridized carbons (Fsp3) is 0.190. The Kier molecular flexibility index (Phi) is 6.53. The summed E-state index contributed by atoms with van der Waals surface area (Å²) in [6, 6.07) is 13.6. The van der Waals surface area contributed by atoms with E-state index in [0.29, 0.717) is 33.4 Å². The van der Waals surface area contributed by atoms with Crippen LogP contribution in [0.15, 0.2) is 59.8 Å². The summed E-state index contributed by atoms with van der Waals surface area (Å²) >= 11 is 5.28. The van der Waals surface area contributed by atoms with Crippen LogP contribution in [0.25, 0.3) is 0 Å². The molecule has 1 amide bonds. The minimum atomic E-state index is -1.09. The smallest absolute Gasteiger partial charge is 0.341 e. The zero-order valence-electron chi connectivity index (χ0n) is 16.4. The van der Waals surface area contributed by atoms with Crippen molar-refractivity contribution in [3.63, 3.8) is 0 Å². The molecule has 30 heavy (non-hydrogen) atoms. The summed E-state index contributed by atoms with van der Waals surface area (Å²) in [7, 11) is 1.46. The number of amides is 1. The van der Waals surface area contributed by atoms with Crippen molar-refractivity contribution in [1.29, 1.82) is 0 Å². The third kappa shape index (κ3) is 4.87. The van der Waals surface area contributed by atoms with Gasteiger partial charge in [0.15, 0.2) is 23.2 Å². The first-order valence-electron chi connectivity index (χ1n) is 9.06. The SMILES string of the molecule is COc1cc([C@H]2NC(=S)NC(C)=C2C(=O)Nc2ccccc2)ccc1OCC(=O)O. The van der Waals surface area contributed by atoms with Gasteiger partial charge < -0.3 is 30.5 Å². The van der Waals surface area contributed by atoms with Crippen LogP contribution in [0.3, 0.4) is 0 Å². The maximum absolute atomic E-state index is 13.1. The van der Waals surface area contributed by atoms with Crippen molar-refractivity contribution in [2.24, 2.45) is 0 Å². The number of hydrogen-bond donors (Lipinski definition) is 4. The fourth-order valence-corrected chi connectivity index (χ4v) is 3.36. The van der Waals surface area contributed by atoms with Gasteiger partial charge in [-0.3, -0.25) is 4.79 Å². The Bertz CT molecular complexity index is 1010. The van der Waals surface area contributed by atoms with Gasteiger partial charge in [0.1, 0.15) is 0 Å². The van der Waals surface area contributed by atoms with E-state index in [4.69, 9.17) is 26.8 Å². The molecule has 2 aromatic rings. The molecular weight excluding hydrogens is 406 g/mol. The molecule has 1 aliphatic rings. The Hall–Kier alpha value is -3.59. The number of carbonyl (C=O) groups is 2. The second-order valence-corrected chi connectivity index (χ2v) is 6.89. The maximum Gasteiger partial charge on any atom is 0.341 e. The van der Waals surface area contributed by atoms with Gasteiger partial charge in [-0.15, -0.1) is 0 Å². The highest BCUT2D eigenvalue weighted by molar-refractivity contribution is 7.80. The lowest BCUT2D eigenvalue weighted by Crippen LogP contribution is -2.45. The number of carboxylic acid groups (broad SMARTS) is 1. The number of hydrogen-bond acceptors (Lipinski definition) is 5. The van der Waals surface area contributed by atoms with Crippen molar-refractivity contribution >= 4 is 34.9 Å². The van der Waals surface area contributed by atoms with Crippen LogP contribution in [0, 0.1) is 0 Å². The molecule has 0 saturated carbocycles. The number of aliphatic carboxylic acids is 1. The van der Waals surface area contributed by atoms with Gasteiger partial charge in [-0.1, -0.05) is 24.3 Å². The van der Waals surface area contributed by atoms with E-state index in [0.717, 1.165) is 0 Å². The van der Waals surface area contributed by atoms with E-state index in [2.05, 4.69) is 16.0 Å². The first kappa shape index (κ1) is 21.1. The summed E-state index contributed by atoms with van der Waals surface area (Å²) in [6.45, 7) is 1.29. The van der Waals surface area contributed by atoms with Crippen molar-refractivity contribution in [3.05, 3.63) is 65.4 Å². The average molecular weight is 427 g/mol. The number of rotatable bonds is 7. The number of thiocarbonyl (C=S) groups is 1. The fourth-order valence-electron chi connectivity index (χ4n) is 3.09. The third-order valence-electron chi connectivity index (χ3n) is 4.42. The van der Waals surface area contributed by atoms with E-state index < -0.39 is 18.6 Å². The molecule has 4 N–H and O–H groups in total. The average Bonchev–Trinajstić information content (AvgIpc) is 2.72. The Morgan fingerprint density at radius 2 is 1.90 bits per heavy atom. The van der Waals surface area contributed by atoms with Crippen LogP contribution in [-0.4, -0.2) is 35.8 Å². The number of ether oxygens (including phenoxy) is 2. The highest BCUT2D eigenvalue weighted by atomic mass is 32.1. The molecule has 3 rings (SSSR count). The summed E-state index contributed by atoms with van der Waals surface area (Å²) in [5.41, 5.74) is 2.47. The van der Waals surface area contributed by atoms with Crippen molar-refractivity contribution in [3.8, 4) is 11.5 Å². The second kappa shape index (κ2) is 9.27. The van der Waals surface area contributed by atoms with Crippen LogP contribution in [0.1, 0.15) is 18.5 Å². The normalized spacial score (nSPS) is 15.7. The van der Waals surface area contributed by atoms with Crippen molar-refractivity contribution in [1.82, 2.24) is 10.6 Å². The van der Waals surface area contributed by atoms with Gasteiger partial charge in [0, 0.05) is 11.4 Å². The lowest BCUT2D eigenvalue weighted by molar-refractivity contribution is -0.139. The number of nitrogens with one attached hydrogen (secondary N) is 3.